The quantitative estimate of drug-likeness (QED) is 0.274. The lowest BCUT2D eigenvalue weighted by molar-refractivity contribution is -0.138. The number of halogens is 4. The van der Waals surface area contributed by atoms with Crippen molar-refractivity contribution in [3.63, 3.8) is 0 Å². The van der Waals surface area contributed by atoms with E-state index in [9.17, 15) is 22.8 Å². The maximum absolute atomic E-state index is 14.2. The number of alkyl halides is 3. The standard InChI is InChI=1S/C31H32BrF3N8O3/c1-18-14-20(3)43(39-18)30-36-25-17-41(28(44)21-6-7-24(32)23(16-21)31(33,34)35)19(2)15-22(25)29(45)42(30)26-8-9-27(38-37-26)46-13-12-40-10-4-5-11-40/h6-9,14,16,19H,4-5,10-13,15,17H2,1-3H3/t19-/m1/s1. The highest BCUT2D eigenvalue weighted by Crippen LogP contribution is 2.36. The summed E-state index contributed by atoms with van der Waals surface area (Å²) in [4.78, 5) is 36.3. The Morgan fingerprint density at radius 2 is 1.85 bits per heavy atom. The van der Waals surface area contributed by atoms with Crippen molar-refractivity contribution in [2.75, 3.05) is 26.2 Å². The minimum atomic E-state index is -4.64. The number of aryl methyl sites for hydroxylation is 2. The number of carbonyl (C=O) groups excluding carboxylic acids is 1. The van der Waals surface area contributed by atoms with Crippen molar-refractivity contribution in [3.05, 3.63) is 85.0 Å². The monoisotopic (exact) mass is 700 g/mol. The molecule has 0 N–H and O–H groups in total. The number of hydrogen-bond donors (Lipinski definition) is 0. The van der Waals surface area contributed by atoms with Crippen LogP contribution < -0.4 is 10.3 Å². The highest BCUT2D eigenvalue weighted by molar-refractivity contribution is 9.10. The number of rotatable bonds is 7. The number of likely N-dealkylation sites (tertiary alicyclic amines) is 1. The summed E-state index contributed by atoms with van der Waals surface area (Å²) in [5.41, 5.74) is 0.659. The van der Waals surface area contributed by atoms with Gasteiger partial charge in [0, 0.05) is 39.9 Å². The molecule has 1 fully saturated rings. The Hall–Kier alpha value is -4.11. The third kappa shape index (κ3) is 6.30. The molecular formula is C31H32BrF3N8O3. The van der Waals surface area contributed by atoms with Gasteiger partial charge in [0.2, 0.25) is 11.8 Å². The first kappa shape index (κ1) is 31.9. The summed E-state index contributed by atoms with van der Waals surface area (Å²) in [7, 11) is 0. The van der Waals surface area contributed by atoms with E-state index in [1.165, 1.54) is 39.1 Å². The van der Waals surface area contributed by atoms with Crippen molar-refractivity contribution in [2.24, 2.45) is 0 Å². The van der Waals surface area contributed by atoms with Crippen molar-refractivity contribution in [3.8, 4) is 17.6 Å². The zero-order valence-electron chi connectivity index (χ0n) is 25.5. The van der Waals surface area contributed by atoms with E-state index in [0.717, 1.165) is 25.7 Å². The van der Waals surface area contributed by atoms with Crippen LogP contribution in [0.15, 0.2) is 45.7 Å². The minimum Gasteiger partial charge on any atom is -0.475 e. The fourth-order valence-corrected chi connectivity index (χ4v) is 6.41. The largest absolute Gasteiger partial charge is 0.475 e. The number of hydrogen-bond acceptors (Lipinski definition) is 8. The van der Waals surface area contributed by atoms with Gasteiger partial charge in [-0.1, -0.05) is 15.9 Å². The summed E-state index contributed by atoms with van der Waals surface area (Å²) in [6, 6.07) is 8.01. The highest BCUT2D eigenvalue weighted by Gasteiger charge is 2.36. The van der Waals surface area contributed by atoms with Crippen LogP contribution in [0.1, 0.15) is 58.3 Å². The van der Waals surface area contributed by atoms with Gasteiger partial charge in [-0.2, -0.15) is 18.3 Å². The third-order valence-electron chi connectivity index (χ3n) is 8.29. The first-order valence-electron chi connectivity index (χ1n) is 15.0. The number of fused-ring (bicyclic) bond motifs is 1. The summed E-state index contributed by atoms with van der Waals surface area (Å²) in [5, 5.41) is 13.0. The van der Waals surface area contributed by atoms with Crippen molar-refractivity contribution < 1.29 is 22.7 Å². The molecule has 2 aliphatic rings. The Bertz CT molecular complexity index is 1830. The van der Waals surface area contributed by atoms with Crippen LogP contribution in [0.25, 0.3) is 11.8 Å². The molecule has 6 rings (SSSR count). The molecule has 3 aromatic heterocycles. The molecule has 2 aliphatic heterocycles. The molecule has 46 heavy (non-hydrogen) atoms. The van der Waals surface area contributed by atoms with Crippen LogP contribution in [0.2, 0.25) is 0 Å². The van der Waals surface area contributed by atoms with E-state index >= 15 is 0 Å². The summed E-state index contributed by atoms with van der Waals surface area (Å²) in [5.74, 6) is 0.103. The molecule has 1 aromatic carbocycles. The lowest BCUT2D eigenvalue weighted by Gasteiger charge is -2.34. The summed E-state index contributed by atoms with van der Waals surface area (Å²) in [6.45, 7) is 8.69. The summed E-state index contributed by atoms with van der Waals surface area (Å²) in [6.07, 6.45) is -2.12. The SMILES string of the molecule is Cc1cc(C)n(-c2nc3c(c(=O)n2-c2ccc(OCCN4CCCC4)nn2)C[C@@H](C)N(C(=O)c2ccc(Br)c(C(F)(F)F)c2)C3)n1. The van der Waals surface area contributed by atoms with E-state index in [0.29, 0.717) is 35.1 Å². The smallest absolute Gasteiger partial charge is 0.417 e. The second kappa shape index (κ2) is 12.6. The van der Waals surface area contributed by atoms with Crippen LogP contribution in [0.4, 0.5) is 13.2 Å². The van der Waals surface area contributed by atoms with Gasteiger partial charge in [-0.25, -0.2) is 14.2 Å². The van der Waals surface area contributed by atoms with Gasteiger partial charge < -0.3 is 9.64 Å². The molecule has 0 unspecified atom stereocenters. The number of aromatic nitrogens is 6. The van der Waals surface area contributed by atoms with Crippen LogP contribution in [0.5, 0.6) is 5.88 Å². The van der Waals surface area contributed by atoms with Crippen LogP contribution in [0.3, 0.4) is 0 Å². The Morgan fingerprint density at radius 1 is 1.09 bits per heavy atom. The second-order valence-electron chi connectivity index (χ2n) is 11.6. The maximum Gasteiger partial charge on any atom is 0.417 e. The first-order chi connectivity index (χ1) is 21.9. The molecule has 1 saturated heterocycles. The second-order valence-corrected chi connectivity index (χ2v) is 12.5. The van der Waals surface area contributed by atoms with E-state index in [-0.39, 0.29) is 34.8 Å². The molecule has 5 heterocycles. The van der Waals surface area contributed by atoms with Gasteiger partial charge in [0.1, 0.15) is 6.61 Å². The van der Waals surface area contributed by atoms with Gasteiger partial charge in [-0.15, -0.1) is 10.2 Å². The van der Waals surface area contributed by atoms with Crippen molar-refractivity contribution in [2.45, 2.75) is 58.8 Å². The van der Waals surface area contributed by atoms with E-state index in [2.05, 4.69) is 36.1 Å². The molecule has 1 atom stereocenters. The highest BCUT2D eigenvalue weighted by atomic mass is 79.9. The van der Waals surface area contributed by atoms with E-state index < -0.39 is 29.2 Å². The fraction of sp³-hybridized carbons (Fsp3) is 0.419. The first-order valence-corrected chi connectivity index (χ1v) is 15.8. The molecule has 0 saturated carbocycles. The lowest BCUT2D eigenvalue weighted by atomic mass is 9.98. The van der Waals surface area contributed by atoms with Crippen LogP contribution in [-0.4, -0.2) is 77.5 Å². The topological polar surface area (TPSA) is 111 Å². The molecule has 15 heteroatoms. The average molecular weight is 702 g/mol. The van der Waals surface area contributed by atoms with Crippen molar-refractivity contribution in [1.82, 2.24) is 39.3 Å². The molecule has 0 bridgehead atoms. The lowest BCUT2D eigenvalue weighted by Crippen LogP contribution is -2.46. The van der Waals surface area contributed by atoms with E-state index in [4.69, 9.17) is 9.72 Å². The number of ether oxygens (including phenoxy) is 1. The summed E-state index contributed by atoms with van der Waals surface area (Å²) >= 11 is 2.93. The minimum absolute atomic E-state index is 0.0788. The molecule has 0 spiro atoms. The number of benzene rings is 1. The van der Waals surface area contributed by atoms with Crippen molar-refractivity contribution in [1.29, 1.82) is 0 Å². The molecule has 242 valence electrons. The zero-order valence-corrected chi connectivity index (χ0v) is 27.1. The zero-order chi connectivity index (χ0) is 32.7. The Labute approximate surface area is 271 Å². The Balaban J connectivity index is 1.34. The predicted octanol–water partition coefficient (Wildman–Crippen LogP) is 4.67. The van der Waals surface area contributed by atoms with Gasteiger partial charge >= 0.3 is 6.18 Å². The number of amides is 1. The van der Waals surface area contributed by atoms with Gasteiger partial charge in [-0.05, 0) is 83.5 Å². The van der Waals surface area contributed by atoms with E-state index in [1.54, 1.807) is 19.1 Å². The number of nitrogens with zero attached hydrogens (tertiary/aromatic N) is 8. The molecule has 0 radical (unpaired) electrons. The van der Waals surface area contributed by atoms with Crippen LogP contribution in [0, 0.1) is 13.8 Å². The average Bonchev–Trinajstić information content (AvgIpc) is 3.65. The maximum atomic E-state index is 14.2. The molecule has 4 aromatic rings. The fourth-order valence-electron chi connectivity index (χ4n) is 5.93. The Kier molecular flexibility index (Phi) is 8.72. The normalized spacial score (nSPS) is 16.9. The molecule has 0 aliphatic carbocycles. The molecule has 11 nitrogen and oxygen atoms in total. The third-order valence-corrected chi connectivity index (χ3v) is 8.98. The van der Waals surface area contributed by atoms with Crippen LogP contribution in [-0.2, 0) is 19.1 Å². The summed E-state index contributed by atoms with van der Waals surface area (Å²) < 4.78 is 49.2. The van der Waals surface area contributed by atoms with Gasteiger partial charge in [0.05, 0.1) is 23.5 Å². The van der Waals surface area contributed by atoms with Gasteiger partial charge in [0.15, 0.2) is 5.82 Å². The predicted molar refractivity (Wildman–Crippen MR) is 165 cm³/mol. The van der Waals surface area contributed by atoms with Crippen molar-refractivity contribution >= 4 is 21.8 Å². The molecule has 1 amide bonds. The van der Waals surface area contributed by atoms with Gasteiger partial charge in [-0.3, -0.25) is 14.5 Å². The van der Waals surface area contributed by atoms with Gasteiger partial charge in [0.25, 0.3) is 11.5 Å². The van der Waals surface area contributed by atoms with E-state index in [1.807, 2.05) is 19.9 Å². The Morgan fingerprint density at radius 3 is 2.50 bits per heavy atom. The number of carbonyl (C=O) groups is 1. The van der Waals surface area contributed by atoms with Crippen LogP contribution >= 0.6 is 15.9 Å². The molecular weight excluding hydrogens is 669 g/mol.